The van der Waals surface area contributed by atoms with Gasteiger partial charge in [0.2, 0.25) is 10.0 Å². The van der Waals surface area contributed by atoms with E-state index in [0.29, 0.717) is 10.6 Å². The van der Waals surface area contributed by atoms with E-state index in [-0.39, 0.29) is 17.5 Å². The number of halogens is 1. The molecule has 108 valence electrons. The Kier molecular flexibility index (Phi) is 6.62. The van der Waals surface area contributed by atoms with Crippen molar-refractivity contribution >= 4 is 33.4 Å². The van der Waals surface area contributed by atoms with Crippen molar-refractivity contribution in [2.24, 2.45) is 5.73 Å². The van der Waals surface area contributed by atoms with Gasteiger partial charge in [-0.05, 0) is 36.4 Å². The quantitative estimate of drug-likeness (QED) is 0.807. The number of thioether (sulfide) groups is 1. The van der Waals surface area contributed by atoms with Crippen LogP contribution in [0.2, 0.25) is 5.02 Å². The summed E-state index contributed by atoms with van der Waals surface area (Å²) in [5.74, 6) is 0.743. The van der Waals surface area contributed by atoms with Gasteiger partial charge in [-0.2, -0.15) is 11.8 Å². The van der Waals surface area contributed by atoms with Crippen LogP contribution in [0.3, 0.4) is 0 Å². The molecule has 0 bridgehead atoms. The minimum absolute atomic E-state index is 0.0722. The highest BCUT2D eigenvalue weighted by molar-refractivity contribution is 7.98. The third-order valence-corrected chi connectivity index (χ3v) is 5.35. The molecule has 1 unspecified atom stereocenters. The molecule has 1 atom stereocenters. The second-order valence-corrected chi connectivity index (χ2v) is 7.17. The molecule has 0 spiro atoms. The summed E-state index contributed by atoms with van der Waals surface area (Å²) in [6.07, 6.45) is 2.70. The fourth-order valence-electron chi connectivity index (χ4n) is 1.60. The van der Waals surface area contributed by atoms with E-state index in [1.54, 1.807) is 17.8 Å². The van der Waals surface area contributed by atoms with E-state index >= 15 is 0 Å². The monoisotopic (exact) mass is 322 g/mol. The second kappa shape index (κ2) is 7.50. The first-order valence-corrected chi connectivity index (χ1v) is 9.19. The van der Waals surface area contributed by atoms with E-state index in [0.717, 1.165) is 12.2 Å². The van der Waals surface area contributed by atoms with Crippen LogP contribution in [-0.4, -0.2) is 26.5 Å². The first-order valence-electron chi connectivity index (χ1n) is 5.94. The van der Waals surface area contributed by atoms with E-state index in [1.165, 1.54) is 12.1 Å². The minimum Gasteiger partial charge on any atom is -0.326 e. The fourth-order valence-corrected chi connectivity index (χ4v) is 3.99. The molecule has 3 N–H and O–H groups in total. The van der Waals surface area contributed by atoms with E-state index < -0.39 is 10.0 Å². The van der Waals surface area contributed by atoms with Crippen LogP contribution in [0, 0.1) is 0 Å². The van der Waals surface area contributed by atoms with Gasteiger partial charge in [-0.1, -0.05) is 18.5 Å². The molecular weight excluding hydrogens is 304 g/mol. The smallest absolute Gasteiger partial charge is 0.240 e. The lowest BCUT2D eigenvalue weighted by Crippen LogP contribution is -2.36. The average molecular weight is 323 g/mol. The van der Waals surface area contributed by atoms with Crippen LogP contribution in [0.15, 0.2) is 23.1 Å². The molecule has 1 rings (SSSR count). The first-order chi connectivity index (χ1) is 8.94. The number of benzene rings is 1. The number of nitrogens with two attached hydrogens (primary N) is 1. The van der Waals surface area contributed by atoms with Gasteiger partial charge in [-0.25, -0.2) is 13.1 Å². The summed E-state index contributed by atoms with van der Waals surface area (Å²) in [7, 11) is -3.52. The minimum atomic E-state index is -3.52. The van der Waals surface area contributed by atoms with Crippen molar-refractivity contribution in [3.63, 3.8) is 0 Å². The van der Waals surface area contributed by atoms with Crippen molar-refractivity contribution < 1.29 is 8.42 Å². The summed E-state index contributed by atoms with van der Waals surface area (Å²) < 4.78 is 27.2. The zero-order valence-electron chi connectivity index (χ0n) is 11.0. The Balaban J connectivity index is 2.99. The topological polar surface area (TPSA) is 72.2 Å². The highest BCUT2D eigenvalue weighted by Gasteiger charge is 2.19. The van der Waals surface area contributed by atoms with E-state index in [1.807, 2.05) is 13.2 Å². The molecule has 4 nitrogen and oxygen atoms in total. The Hall–Kier alpha value is -0.270. The molecule has 0 heterocycles. The molecule has 0 aliphatic heterocycles. The molecule has 0 radical (unpaired) electrons. The fraction of sp³-hybridized carbons (Fsp3) is 0.500. The Labute approximate surface area is 124 Å². The maximum absolute atomic E-state index is 12.3. The van der Waals surface area contributed by atoms with Crippen molar-refractivity contribution in [1.82, 2.24) is 4.72 Å². The van der Waals surface area contributed by atoms with Gasteiger partial charge >= 0.3 is 0 Å². The molecule has 1 aromatic carbocycles. The van der Waals surface area contributed by atoms with Gasteiger partial charge < -0.3 is 5.73 Å². The molecule has 0 amide bonds. The largest absolute Gasteiger partial charge is 0.326 e. The van der Waals surface area contributed by atoms with Crippen LogP contribution in [0.1, 0.15) is 18.9 Å². The van der Waals surface area contributed by atoms with E-state index in [4.69, 9.17) is 17.3 Å². The predicted octanol–water partition coefficient (Wildman–Crippen LogP) is 2.22. The van der Waals surface area contributed by atoms with Gasteiger partial charge in [0.25, 0.3) is 0 Å². The van der Waals surface area contributed by atoms with Crippen LogP contribution in [0.4, 0.5) is 0 Å². The predicted molar refractivity (Wildman–Crippen MR) is 82.1 cm³/mol. The summed E-state index contributed by atoms with van der Waals surface area (Å²) >= 11 is 7.54. The molecule has 0 saturated heterocycles. The summed E-state index contributed by atoms with van der Waals surface area (Å²) in [5.41, 5.74) is 6.16. The Morgan fingerprint density at radius 1 is 1.47 bits per heavy atom. The SMILES string of the molecule is CCC(CSC)NS(=O)(=O)c1ccc(Cl)c(CN)c1. The summed E-state index contributed by atoms with van der Waals surface area (Å²) in [6.45, 7) is 2.17. The Bertz CT molecular complexity index is 520. The van der Waals surface area contributed by atoms with Crippen LogP contribution in [0.25, 0.3) is 0 Å². The molecule has 0 saturated carbocycles. The number of hydrogen-bond donors (Lipinski definition) is 2. The van der Waals surface area contributed by atoms with Crippen molar-refractivity contribution in [2.75, 3.05) is 12.0 Å². The third-order valence-electron chi connectivity index (χ3n) is 2.73. The molecule has 1 aromatic rings. The van der Waals surface area contributed by atoms with Gasteiger partial charge in [-0.3, -0.25) is 0 Å². The van der Waals surface area contributed by atoms with Crippen LogP contribution < -0.4 is 10.5 Å². The lowest BCUT2D eigenvalue weighted by molar-refractivity contribution is 0.558. The maximum Gasteiger partial charge on any atom is 0.240 e. The van der Waals surface area contributed by atoms with E-state index in [9.17, 15) is 8.42 Å². The zero-order chi connectivity index (χ0) is 14.5. The van der Waals surface area contributed by atoms with Crippen molar-refractivity contribution in [3.05, 3.63) is 28.8 Å². The van der Waals surface area contributed by atoms with Crippen LogP contribution >= 0.6 is 23.4 Å². The van der Waals surface area contributed by atoms with Crippen LogP contribution in [-0.2, 0) is 16.6 Å². The summed E-state index contributed by atoms with van der Waals surface area (Å²) in [5, 5.41) is 0.484. The highest BCUT2D eigenvalue weighted by Crippen LogP contribution is 2.20. The zero-order valence-corrected chi connectivity index (χ0v) is 13.4. The summed E-state index contributed by atoms with van der Waals surface area (Å²) in [6, 6.07) is 4.51. The molecule has 7 heteroatoms. The number of rotatable bonds is 7. The molecule has 19 heavy (non-hydrogen) atoms. The standard InChI is InChI=1S/C12H19ClN2O2S2/c1-3-10(8-18-2)15-19(16,17)11-4-5-12(13)9(6-11)7-14/h4-6,10,15H,3,7-8,14H2,1-2H3. The van der Waals surface area contributed by atoms with Gasteiger partial charge in [-0.15, -0.1) is 0 Å². The van der Waals surface area contributed by atoms with Gasteiger partial charge in [0.15, 0.2) is 0 Å². The summed E-state index contributed by atoms with van der Waals surface area (Å²) in [4.78, 5) is 0.205. The molecular formula is C12H19ClN2O2S2. The average Bonchev–Trinajstić information content (AvgIpc) is 2.38. The number of sulfonamides is 1. The lowest BCUT2D eigenvalue weighted by atomic mass is 10.2. The Morgan fingerprint density at radius 3 is 2.68 bits per heavy atom. The molecule has 0 fully saturated rings. The number of nitrogens with one attached hydrogen (secondary N) is 1. The highest BCUT2D eigenvalue weighted by atomic mass is 35.5. The van der Waals surface area contributed by atoms with Crippen LogP contribution in [0.5, 0.6) is 0 Å². The molecule has 0 aliphatic carbocycles. The van der Waals surface area contributed by atoms with Gasteiger partial charge in [0.05, 0.1) is 4.90 Å². The van der Waals surface area contributed by atoms with Crippen molar-refractivity contribution in [1.29, 1.82) is 0 Å². The first kappa shape index (κ1) is 16.8. The van der Waals surface area contributed by atoms with Gasteiger partial charge in [0.1, 0.15) is 0 Å². The number of hydrogen-bond acceptors (Lipinski definition) is 4. The van der Waals surface area contributed by atoms with E-state index in [2.05, 4.69) is 4.72 Å². The lowest BCUT2D eigenvalue weighted by Gasteiger charge is -2.16. The molecule has 0 aromatic heterocycles. The van der Waals surface area contributed by atoms with Gasteiger partial charge in [0, 0.05) is 23.4 Å². The maximum atomic E-state index is 12.3. The van der Waals surface area contributed by atoms with Crippen molar-refractivity contribution in [3.8, 4) is 0 Å². The second-order valence-electron chi connectivity index (χ2n) is 4.14. The third kappa shape index (κ3) is 4.65. The normalized spacial score (nSPS) is 13.5. The Morgan fingerprint density at radius 2 is 2.16 bits per heavy atom. The molecule has 0 aliphatic rings. The van der Waals surface area contributed by atoms with Crippen molar-refractivity contribution in [2.45, 2.75) is 30.8 Å².